The summed E-state index contributed by atoms with van der Waals surface area (Å²) in [6.45, 7) is 3.82. The Kier molecular flexibility index (Phi) is 4.04. The van der Waals surface area contributed by atoms with Gasteiger partial charge in [-0.15, -0.1) is 11.6 Å². The maximum Gasteiger partial charge on any atom is 0.256 e. The molecule has 1 atom stereocenters. The molecule has 4 heteroatoms. The number of benzene rings is 1. The predicted molar refractivity (Wildman–Crippen MR) is 77.7 cm³/mol. The van der Waals surface area contributed by atoms with Crippen LogP contribution in [0.15, 0.2) is 35.0 Å². The van der Waals surface area contributed by atoms with Gasteiger partial charge in [-0.1, -0.05) is 18.2 Å². The van der Waals surface area contributed by atoms with Gasteiger partial charge in [-0.3, -0.25) is 4.79 Å². The van der Waals surface area contributed by atoms with Crippen molar-refractivity contribution in [1.29, 1.82) is 0 Å². The van der Waals surface area contributed by atoms with Crippen molar-refractivity contribution in [3.63, 3.8) is 0 Å². The maximum atomic E-state index is 12.1. The fourth-order valence-electron chi connectivity index (χ4n) is 1.74. The number of carbonyl (C=O) groups excluding carboxylic acids is 1. The maximum absolute atomic E-state index is 12.1. The number of nitrogens with one attached hydrogen (secondary N) is 1. The van der Waals surface area contributed by atoms with Crippen LogP contribution in [-0.2, 0) is 0 Å². The zero-order chi connectivity index (χ0) is 13.1. The minimum absolute atomic E-state index is 0.0847. The van der Waals surface area contributed by atoms with Crippen LogP contribution in [0.5, 0.6) is 0 Å². The molecule has 0 spiro atoms. The zero-order valence-corrected chi connectivity index (χ0v) is 11.8. The number of rotatable bonds is 3. The third kappa shape index (κ3) is 2.74. The standard InChI is InChI=1S/C14H14ClNOS/c1-9-7-18-8-12(9)14(17)16-13-6-4-3-5-11(13)10(2)15/h3-8,10H,1-2H3,(H,16,17). The summed E-state index contributed by atoms with van der Waals surface area (Å²) in [5.41, 5.74) is 3.42. The van der Waals surface area contributed by atoms with Crippen LogP contribution in [0.2, 0.25) is 0 Å². The minimum atomic E-state index is -0.134. The van der Waals surface area contributed by atoms with Crippen LogP contribution in [0.4, 0.5) is 5.69 Å². The van der Waals surface area contributed by atoms with Gasteiger partial charge in [0.25, 0.3) is 5.91 Å². The van der Waals surface area contributed by atoms with E-state index >= 15 is 0 Å². The average molecular weight is 280 g/mol. The second-order valence-corrected chi connectivity index (χ2v) is 5.52. The first kappa shape index (κ1) is 13.1. The number of anilines is 1. The van der Waals surface area contributed by atoms with E-state index in [1.54, 1.807) is 0 Å². The highest BCUT2D eigenvalue weighted by Crippen LogP contribution is 2.27. The molecule has 2 nitrogen and oxygen atoms in total. The number of aryl methyl sites for hydroxylation is 1. The molecule has 1 unspecified atom stereocenters. The van der Waals surface area contributed by atoms with Gasteiger partial charge in [0.1, 0.15) is 0 Å². The molecule has 1 aromatic carbocycles. The van der Waals surface area contributed by atoms with Crippen LogP contribution in [0.25, 0.3) is 0 Å². The van der Waals surface area contributed by atoms with Crippen molar-refractivity contribution in [2.45, 2.75) is 19.2 Å². The van der Waals surface area contributed by atoms with Gasteiger partial charge < -0.3 is 5.32 Å². The Labute approximate surface area is 116 Å². The average Bonchev–Trinajstić information content (AvgIpc) is 2.76. The van der Waals surface area contributed by atoms with Crippen LogP contribution >= 0.6 is 22.9 Å². The molecule has 0 fully saturated rings. The van der Waals surface area contributed by atoms with Gasteiger partial charge in [-0.05, 0) is 36.4 Å². The van der Waals surface area contributed by atoms with Crippen molar-refractivity contribution >= 4 is 34.5 Å². The summed E-state index contributed by atoms with van der Waals surface area (Å²) >= 11 is 7.63. The first-order chi connectivity index (χ1) is 8.59. The number of hydrogen-bond donors (Lipinski definition) is 1. The summed E-state index contributed by atoms with van der Waals surface area (Å²) in [5, 5.41) is 6.61. The monoisotopic (exact) mass is 279 g/mol. The molecule has 0 bridgehead atoms. The summed E-state index contributed by atoms with van der Waals surface area (Å²) in [4.78, 5) is 12.1. The van der Waals surface area contributed by atoms with Crippen molar-refractivity contribution in [2.75, 3.05) is 5.32 Å². The van der Waals surface area contributed by atoms with Gasteiger partial charge in [0, 0.05) is 11.1 Å². The molecule has 0 saturated heterocycles. The SMILES string of the molecule is Cc1cscc1C(=O)Nc1ccccc1C(C)Cl. The quantitative estimate of drug-likeness (QED) is 0.817. The lowest BCUT2D eigenvalue weighted by atomic mass is 10.1. The number of thiophene rings is 1. The van der Waals surface area contributed by atoms with Crippen LogP contribution in [0.3, 0.4) is 0 Å². The van der Waals surface area contributed by atoms with Crippen molar-refractivity contribution < 1.29 is 4.79 Å². The smallest absolute Gasteiger partial charge is 0.256 e. The predicted octanol–water partition coefficient (Wildman–Crippen LogP) is 4.61. The van der Waals surface area contributed by atoms with E-state index in [9.17, 15) is 4.79 Å². The molecule has 2 rings (SSSR count). The molecule has 0 aliphatic carbocycles. The lowest BCUT2D eigenvalue weighted by molar-refractivity contribution is 0.102. The number of amides is 1. The van der Waals surface area contributed by atoms with Crippen LogP contribution in [0.1, 0.15) is 33.8 Å². The van der Waals surface area contributed by atoms with Gasteiger partial charge >= 0.3 is 0 Å². The molecular weight excluding hydrogens is 266 g/mol. The highest BCUT2D eigenvalue weighted by atomic mass is 35.5. The van der Waals surface area contributed by atoms with E-state index in [0.717, 1.165) is 22.4 Å². The van der Waals surface area contributed by atoms with Crippen molar-refractivity contribution in [1.82, 2.24) is 0 Å². The Morgan fingerprint density at radius 3 is 2.67 bits per heavy atom. The molecule has 1 heterocycles. The van der Waals surface area contributed by atoms with E-state index in [1.165, 1.54) is 11.3 Å². The second kappa shape index (κ2) is 5.55. The summed E-state index contributed by atoms with van der Waals surface area (Å²) in [6, 6.07) is 7.60. The second-order valence-electron chi connectivity index (χ2n) is 4.13. The van der Waals surface area contributed by atoms with Gasteiger partial charge in [-0.25, -0.2) is 0 Å². The lowest BCUT2D eigenvalue weighted by Gasteiger charge is -2.12. The Hall–Kier alpha value is -1.32. The summed E-state index contributed by atoms with van der Waals surface area (Å²) in [6.07, 6.45) is 0. The molecule has 0 aliphatic heterocycles. The lowest BCUT2D eigenvalue weighted by Crippen LogP contribution is -2.13. The number of hydrogen-bond acceptors (Lipinski definition) is 2. The Balaban J connectivity index is 2.25. The fourth-order valence-corrected chi connectivity index (χ4v) is 2.76. The van der Waals surface area contributed by atoms with E-state index in [1.807, 2.05) is 48.9 Å². The molecule has 2 aromatic rings. The normalized spacial score (nSPS) is 12.2. The third-order valence-electron chi connectivity index (χ3n) is 2.74. The first-order valence-electron chi connectivity index (χ1n) is 5.66. The fraction of sp³-hybridized carbons (Fsp3) is 0.214. The highest BCUT2D eigenvalue weighted by molar-refractivity contribution is 7.08. The van der Waals surface area contributed by atoms with E-state index in [4.69, 9.17) is 11.6 Å². The van der Waals surface area contributed by atoms with E-state index in [-0.39, 0.29) is 11.3 Å². The van der Waals surface area contributed by atoms with E-state index in [0.29, 0.717) is 0 Å². The molecule has 1 aromatic heterocycles. The first-order valence-corrected chi connectivity index (χ1v) is 7.04. The molecule has 1 N–H and O–H groups in total. The highest BCUT2D eigenvalue weighted by Gasteiger charge is 2.13. The Morgan fingerprint density at radius 2 is 2.06 bits per heavy atom. The Bertz CT molecular complexity index is 562. The van der Waals surface area contributed by atoms with Gasteiger partial charge in [0.15, 0.2) is 0 Å². The number of halogens is 1. The van der Waals surface area contributed by atoms with Gasteiger partial charge in [0.05, 0.1) is 10.9 Å². The van der Waals surface area contributed by atoms with E-state index in [2.05, 4.69) is 5.32 Å². The van der Waals surface area contributed by atoms with Crippen LogP contribution in [0, 0.1) is 6.92 Å². The van der Waals surface area contributed by atoms with Crippen molar-refractivity contribution in [2.24, 2.45) is 0 Å². The molecule has 1 amide bonds. The summed E-state index contributed by atoms with van der Waals surface area (Å²) in [7, 11) is 0. The van der Waals surface area contributed by atoms with Crippen molar-refractivity contribution in [3.8, 4) is 0 Å². The van der Waals surface area contributed by atoms with Gasteiger partial charge in [0.2, 0.25) is 0 Å². The topological polar surface area (TPSA) is 29.1 Å². The Morgan fingerprint density at radius 1 is 1.33 bits per heavy atom. The molecule has 0 saturated carbocycles. The van der Waals surface area contributed by atoms with E-state index < -0.39 is 0 Å². The molecular formula is C14H14ClNOS. The number of alkyl halides is 1. The minimum Gasteiger partial charge on any atom is -0.322 e. The van der Waals surface area contributed by atoms with Gasteiger partial charge in [-0.2, -0.15) is 11.3 Å². The zero-order valence-electron chi connectivity index (χ0n) is 10.2. The number of para-hydroxylation sites is 1. The molecule has 18 heavy (non-hydrogen) atoms. The molecule has 94 valence electrons. The molecule has 0 aliphatic rings. The number of carbonyl (C=O) groups is 1. The third-order valence-corrected chi connectivity index (χ3v) is 3.83. The van der Waals surface area contributed by atoms with Crippen LogP contribution in [-0.4, -0.2) is 5.91 Å². The summed E-state index contributed by atoms with van der Waals surface area (Å²) < 4.78 is 0. The summed E-state index contributed by atoms with van der Waals surface area (Å²) in [5.74, 6) is -0.0847. The van der Waals surface area contributed by atoms with Crippen molar-refractivity contribution in [3.05, 3.63) is 51.7 Å². The molecule has 0 radical (unpaired) electrons. The van der Waals surface area contributed by atoms with Crippen LogP contribution < -0.4 is 5.32 Å². The largest absolute Gasteiger partial charge is 0.322 e.